The van der Waals surface area contributed by atoms with E-state index in [1.165, 1.54) is 34.7 Å². The standard InChI is InChI=1S/C16H20N2S/c1-2-10-17-11-14-12-18-15(19-14)16(8-9-16)13-6-4-3-5-7-13/h3-7,12,17H,2,8-11H2,1H3. The monoisotopic (exact) mass is 272 g/mol. The van der Waals surface area contributed by atoms with E-state index in [2.05, 4.69) is 47.6 Å². The Morgan fingerprint density at radius 3 is 2.74 bits per heavy atom. The average Bonchev–Trinajstić information content (AvgIpc) is 3.14. The van der Waals surface area contributed by atoms with Crippen LogP contribution in [0.25, 0.3) is 0 Å². The molecule has 19 heavy (non-hydrogen) atoms. The normalized spacial score (nSPS) is 16.5. The molecule has 1 aromatic heterocycles. The molecule has 0 aliphatic heterocycles. The van der Waals surface area contributed by atoms with Gasteiger partial charge in [0.15, 0.2) is 0 Å². The molecule has 1 fully saturated rings. The SMILES string of the molecule is CCCNCc1cnc(C2(c3ccccc3)CC2)s1. The molecule has 0 amide bonds. The van der Waals surface area contributed by atoms with Crippen molar-refractivity contribution in [2.45, 2.75) is 38.1 Å². The van der Waals surface area contributed by atoms with Crippen molar-refractivity contribution in [2.24, 2.45) is 0 Å². The number of nitrogens with zero attached hydrogens (tertiary/aromatic N) is 1. The molecule has 3 heteroatoms. The number of thiazole rings is 1. The summed E-state index contributed by atoms with van der Waals surface area (Å²) in [5.74, 6) is 0. The minimum atomic E-state index is 0.231. The summed E-state index contributed by atoms with van der Waals surface area (Å²) in [4.78, 5) is 6.04. The van der Waals surface area contributed by atoms with E-state index in [0.29, 0.717) is 0 Å². The smallest absolute Gasteiger partial charge is 0.103 e. The third-order valence-corrected chi connectivity index (χ3v) is 4.97. The minimum absolute atomic E-state index is 0.231. The number of rotatable bonds is 6. The van der Waals surface area contributed by atoms with Crippen molar-refractivity contribution in [3.8, 4) is 0 Å². The molecule has 0 saturated heterocycles. The molecule has 100 valence electrons. The van der Waals surface area contributed by atoms with Crippen molar-refractivity contribution in [3.63, 3.8) is 0 Å². The Kier molecular flexibility index (Phi) is 3.67. The third-order valence-electron chi connectivity index (χ3n) is 3.77. The Morgan fingerprint density at radius 2 is 2.05 bits per heavy atom. The third kappa shape index (κ3) is 2.58. The quantitative estimate of drug-likeness (QED) is 0.811. The highest BCUT2D eigenvalue weighted by atomic mass is 32.1. The van der Waals surface area contributed by atoms with Crippen LogP contribution in [0.5, 0.6) is 0 Å². The lowest BCUT2D eigenvalue weighted by Crippen LogP contribution is -2.12. The zero-order valence-electron chi connectivity index (χ0n) is 11.4. The van der Waals surface area contributed by atoms with Gasteiger partial charge in [-0.1, -0.05) is 37.3 Å². The van der Waals surface area contributed by atoms with Gasteiger partial charge in [-0.05, 0) is 31.4 Å². The number of aromatic nitrogens is 1. The fourth-order valence-electron chi connectivity index (χ4n) is 2.51. The molecule has 1 aliphatic rings. The van der Waals surface area contributed by atoms with Gasteiger partial charge in [-0.3, -0.25) is 0 Å². The van der Waals surface area contributed by atoms with E-state index < -0.39 is 0 Å². The van der Waals surface area contributed by atoms with Crippen LogP contribution < -0.4 is 5.32 Å². The van der Waals surface area contributed by atoms with E-state index >= 15 is 0 Å². The van der Waals surface area contributed by atoms with Gasteiger partial charge in [0.1, 0.15) is 5.01 Å². The second-order valence-electron chi connectivity index (χ2n) is 5.26. The largest absolute Gasteiger partial charge is 0.312 e. The summed E-state index contributed by atoms with van der Waals surface area (Å²) in [6.07, 6.45) is 5.71. The van der Waals surface area contributed by atoms with Crippen LogP contribution in [0.4, 0.5) is 0 Å². The summed E-state index contributed by atoms with van der Waals surface area (Å²) in [7, 11) is 0. The topological polar surface area (TPSA) is 24.9 Å². The Morgan fingerprint density at radius 1 is 1.26 bits per heavy atom. The van der Waals surface area contributed by atoms with Crippen molar-refractivity contribution in [2.75, 3.05) is 6.54 Å². The molecule has 1 N–H and O–H groups in total. The number of nitrogens with one attached hydrogen (secondary N) is 1. The predicted molar refractivity (Wildman–Crippen MR) is 80.6 cm³/mol. The zero-order chi connectivity index (χ0) is 13.1. The highest BCUT2D eigenvalue weighted by molar-refractivity contribution is 7.11. The molecule has 0 atom stereocenters. The van der Waals surface area contributed by atoms with Crippen LogP contribution in [0.1, 0.15) is 41.6 Å². The first-order valence-electron chi connectivity index (χ1n) is 7.06. The van der Waals surface area contributed by atoms with Crippen LogP contribution in [-0.2, 0) is 12.0 Å². The van der Waals surface area contributed by atoms with E-state index in [4.69, 9.17) is 0 Å². The molecule has 1 aromatic carbocycles. The second-order valence-corrected chi connectivity index (χ2v) is 6.37. The van der Waals surface area contributed by atoms with E-state index in [1.807, 2.05) is 17.5 Å². The van der Waals surface area contributed by atoms with Gasteiger partial charge >= 0.3 is 0 Å². The van der Waals surface area contributed by atoms with Crippen LogP contribution in [0.15, 0.2) is 36.5 Å². The van der Waals surface area contributed by atoms with Crippen LogP contribution in [0.3, 0.4) is 0 Å². The fraction of sp³-hybridized carbons (Fsp3) is 0.438. The van der Waals surface area contributed by atoms with Crippen molar-refractivity contribution in [1.29, 1.82) is 0 Å². The van der Waals surface area contributed by atoms with Gasteiger partial charge in [0.25, 0.3) is 0 Å². The van der Waals surface area contributed by atoms with Crippen molar-refractivity contribution in [1.82, 2.24) is 10.3 Å². The zero-order valence-corrected chi connectivity index (χ0v) is 12.2. The van der Waals surface area contributed by atoms with Crippen LogP contribution >= 0.6 is 11.3 Å². The molecule has 3 rings (SSSR count). The highest BCUT2D eigenvalue weighted by Crippen LogP contribution is 2.54. The van der Waals surface area contributed by atoms with Gasteiger partial charge < -0.3 is 5.32 Å². The molecule has 1 heterocycles. The van der Waals surface area contributed by atoms with Crippen LogP contribution in [-0.4, -0.2) is 11.5 Å². The molecule has 0 bridgehead atoms. The van der Waals surface area contributed by atoms with Gasteiger partial charge in [-0.25, -0.2) is 4.98 Å². The lowest BCUT2D eigenvalue weighted by molar-refractivity contribution is 0.681. The fourth-order valence-corrected chi connectivity index (χ4v) is 3.66. The molecule has 0 unspecified atom stereocenters. The van der Waals surface area contributed by atoms with Gasteiger partial charge in [0.2, 0.25) is 0 Å². The summed E-state index contributed by atoms with van der Waals surface area (Å²) >= 11 is 1.87. The summed E-state index contributed by atoms with van der Waals surface area (Å²) in [5.41, 5.74) is 1.66. The van der Waals surface area contributed by atoms with Crippen molar-refractivity contribution >= 4 is 11.3 Å². The summed E-state index contributed by atoms with van der Waals surface area (Å²) in [6.45, 7) is 4.23. The maximum absolute atomic E-state index is 4.68. The molecule has 2 aromatic rings. The molecule has 0 radical (unpaired) electrons. The first kappa shape index (κ1) is 12.8. The van der Waals surface area contributed by atoms with E-state index in [1.54, 1.807) is 0 Å². The summed E-state index contributed by atoms with van der Waals surface area (Å²) in [6, 6.07) is 10.8. The maximum atomic E-state index is 4.68. The van der Waals surface area contributed by atoms with Gasteiger partial charge in [0.05, 0.1) is 0 Å². The van der Waals surface area contributed by atoms with Crippen LogP contribution in [0.2, 0.25) is 0 Å². The Bertz CT molecular complexity index is 529. The van der Waals surface area contributed by atoms with Gasteiger partial charge in [0, 0.05) is 23.0 Å². The molecule has 1 saturated carbocycles. The predicted octanol–water partition coefficient (Wildman–Crippen LogP) is 3.72. The lowest BCUT2D eigenvalue weighted by atomic mass is 9.97. The number of hydrogen-bond donors (Lipinski definition) is 1. The minimum Gasteiger partial charge on any atom is -0.312 e. The van der Waals surface area contributed by atoms with Gasteiger partial charge in [-0.15, -0.1) is 11.3 Å². The molecule has 2 nitrogen and oxygen atoms in total. The first-order chi connectivity index (χ1) is 9.35. The van der Waals surface area contributed by atoms with E-state index in [0.717, 1.165) is 13.1 Å². The first-order valence-corrected chi connectivity index (χ1v) is 7.88. The Labute approximate surface area is 118 Å². The van der Waals surface area contributed by atoms with E-state index in [9.17, 15) is 0 Å². The molecule has 0 spiro atoms. The molecule has 1 aliphatic carbocycles. The highest BCUT2D eigenvalue weighted by Gasteiger charge is 2.48. The van der Waals surface area contributed by atoms with Crippen LogP contribution in [0, 0.1) is 0 Å². The van der Waals surface area contributed by atoms with E-state index in [-0.39, 0.29) is 5.41 Å². The van der Waals surface area contributed by atoms with Crippen molar-refractivity contribution in [3.05, 3.63) is 52.0 Å². The molecular weight excluding hydrogens is 252 g/mol. The van der Waals surface area contributed by atoms with Gasteiger partial charge in [-0.2, -0.15) is 0 Å². The summed E-state index contributed by atoms with van der Waals surface area (Å²) < 4.78 is 0. The molecular formula is C16H20N2S. The second kappa shape index (κ2) is 5.43. The average molecular weight is 272 g/mol. The van der Waals surface area contributed by atoms with Crippen molar-refractivity contribution < 1.29 is 0 Å². The number of benzene rings is 1. The maximum Gasteiger partial charge on any atom is 0.103 e. The Hall–Kier alpha value is -1.19. The lowest BCUT2D eigenvalue weighted by Gasteiger charge is -2.12. The number of hydrogen-bond acceptors (Lipinski definition) is 3. The summed E-state index contributed by atoms with van der Waals surface area (Å²) in [5, 5.41) is 4.74. The Balaban J connectivity index is 1.76.